The van der Waals surface area contributed by atoms with Crippen molar-refractivity contribution in [1.82, 2.24) is 14.5 Å². The van der Waals surface area contributed by atoms with E-state index in [1.807, 2.05) is 22.9 Å². The summed E-state index contributed by atoms with van der Waals surface area (Å²) in [6.45, 7) is 0.636. The predicted molar refractivity (Wildman–Crippen MR) is 72.7 cm³/mol. The summed E-state index contributed by atoms with van der Waals surface area (Å²) in [5.41, 5.74) is 1.87. The molecule has 0 saturated heterocycles. The summed E-state index contributed by atoms with van der Waals surface area (Å²) in [6, 6.07) is 7.15. The number of aromatic nitrogens is 3. The van der Waals surface area contributed by atoms with Gasteiger partial charge in [-0.1, -0.05) is 6.07 Å². The van der Waals surface area contributed by atoms with E-state index < -0.39 is 9.84 Å². The number of hydrogen-bond acceptors (Lipinski definition) is 3. The summed E-state index contributed by atoms with van der Waals surface area (Å²) in [5.74, 6) is 0. The Kier molecular flexibility index (Phi) is 2.67. The van der Waals surface area contributed by atoms with Crippen LogP contribution in [0, 0.1) is 0 Å². The van der Waals surface area contributed by atoms with Gasteiger partial charge in [0.2, 0.25) is 0 Å². The first-order chi connectivity index (χ1) is 9.04. The molecule has 1 aromatic carbocycles. The van der Waals surface area contributed by atoms with Gasteiger partial charge in [0.1, 0.15) is 0 Å². The van der Waals surface area contributed by atoms with Gasteiger partial charge in [-0.15, -0.1) is 0 Å². The molecule has 19 heavy (non-hydrogen) atoms. The van der Waals surface area contributed by atoms with E-state index in [9.17, 15) is 8.42 Å². The molecule has 1 N–H and O–H groups in total. The van der Waals surface area contributed by atoms with Gasteiger partial charge in [0.05, 0.1) is 23.5 Å². The standard InChI is InChI=1S/C13H13N3O2S/c1-19(17,18)12-3-2-10-4-5-16(13(10)6-12)8-11-7-14-9-15-11/h2-7,9H,8H2,1H3,(H,14,15). The van der Waals surface area contributed by atoms with Crippen LogP contribution in [0.2, 0.25) is 0 Å². The van der Waals surface area contributed by atoms with Crippen LogP contribution < -0.4 is 0 Å². The molecule has 2 heterocycles. The Morgan fingerprint density at radius 1 is 1.32 bits per heavy atom. The minimum atomic E-state index is -3.18. The molecule has 0 unspecified atom stereocenters. The molecule has 0 aliphatic rings. The lowest BCUT2D eigenvalue weighted by molar-refractivity contribution is 0.602. The zero-order chi connectivity index (χ0) is 13.5. The minimum Gasteiger partial charge on any atom is -0.347 e. The number of sulfone groups is 1. The highest BCUT2D eigenvalue weighted by Gasteiger charge is 2.10. The third kappa shape index (κ3) is 2.26. The summed E-state index contributed by atoms with van der Waals surface area (Å²) < 4.78 is 25.2. The molecule has 2 aromatic heterocycles. The molecule has 98 valence electrons. The van der Waals surface area contributed by atoms with Crippen LogP contribution in [0.3, 0.4) is 0 Å². The van der Waals surface area contributed by atoms with Crippen molar-refractivity contribution in [3.8, 4) is 0 Å². The zero-order valence-electron chi connectivity index (χ0n) is 10.4. The van der Waals surface area contributed by atoms with Crippen LogP contribution in [0.1, 0.15) is 5.69 Å². The van der Waals surface area contributed by atoms with Crippen LogP contribution in [-0.2, 0) is 16.4 Å². The molecule has 3 rings (SSSR count). The lowest BCUT2D eigenvalue weighted by atomic mass is 10.2. The first-order valence-corrected chi connectivity index (χ1v) is 7.69. The van der Waals surface area contributed by atoms with Crippen molar-refractivity contribution in [2.45, 2.75) is 11.4 Å². The fourth-order valence-electron chi connectivity index (χ4n) is 2.09. The van der Waals surface area contributed by atoms with E-state index in [0.717, 1.165) is 16.6 Å². The number of rotatable bonds is 3. The average molecular weight is 275 g/mol. The smallest absolute Gasteiger partial charge is 0.175 e. The Labute approximate surface area is 110 Å². The maximum Gasteiger partial charge on any atom is 0.175 e. The van der Waals surface area contributed by atoms with Gasteiger partial charge < -0.3 is 9.55 Å². The van der Waals surface area contributed by atoms with Crippen molar-refractivity contribution < 1.29 is 8.42 Å². The van der Waals surface area contributed by atoms with Crippen LogP contribution in [0.5, 0.6) is 0 Å². The Hall–Kier alpha value is -2.08. The molecule has 0 atom stereocenters. The third-order valence-corrected chi connectivity index (χ3v) is 4.18. The van der Waals surface area contributed by atoms with E-state index in [-0.39, 0.29) is 0 Å². The van der Waals surface area contributed by atoms with Crippen LogP contribution in [0.4, 0.5) is 0 Å². The van der Waals surface area contributed by atoms with Crippen molar-refractivity contribution in [3.05, 3.63) is 48.7 Å². The first kappa shape index (κ1) is 12.0. The molecule has 0 saturated carbocycles. The topological polar surface area (TPSA) is 67.8 Å². The summed E-state index contributed by atoms with van der Waals surface area (Å²) in [4.78, 5) is 7.35. The molecule has 0 aliphatic carbocycles. The molecule has 0 radical (unpaired) electrons. The lowest BCUT2D eigenvalue weighted by Crippen LogP contribution is -2.00. The Bertz CT molecular complexity index is 817. The number of nitrogens with zero attached hydrogens (tertiary/aromatic N) is 2. The second kappa shape index (κ2) is 4.24. The lowest BCUT2D eigenvalue weighted by Gasteiger charge is -2.05. The minimum absolute atomic E-state index is 0.338. The van der Waals surface area contributed by atoms with Gasteiger partial charge in [0, 0.05) is 24.2 Å². The van der Waals surface area contributed by atoms with Gasteiger partial charge in [-0.05, 0) is 23.6 Å². The number of nitrogens with one attached hydrogen (secondary N) is 1. The monoisotopic (exact) mass is 275 g/mol. The molecule has 6 heteroatoms. The predicted octanol–water partition coefficient (Wildman–Crippen LogP) is 1.82. The van der Waals surface area contributed by atoms with Gasteiger partial charge in [-0.25, -0.2) is 13.4 Å². The molecular formula is C13H13N3O2S. The van der Waals surface area contributed by atoms with Crippen molar-refractivity contribution in [1.29, 1.82) is 0 Å². The van der Waals surface area contributed by atoms with E-state index in [0.29, 0.717) is 11.4 Å². The van der Waals surface area contributed by atoms with E-state index >= 15 is 0 Å². The summed E-state index contributed by atoms with van der Waals surface area (Å²) in [6.07, 6.45) is 6.54. The van der Waals surface area contributed by atoms with Crippen LogP contribution >= 0.6 is 0 Å². The molecule has 0 amide bonds. The molecule has 3 aromatic rings. The summed E-state index contributed by atoms with van der Waals surface area (Å²) >= 11 is 0. The fourth-order valence-corrected chi connectivity index (χ4v) is 2.73. The average Bonchev–Trinajstić information content (AvgIpc) is 2.98. The maximum atomic E-state index is 11.6. The van der Waals surface area contributed by atoms with E-state index in [4.69, 9.17) is 0 Å². The first-order valence-electron chi connectivity index (χ1n) is 5.80. The molecule has 0 aliphatic heterocycles. The summed E-state index contributed by atoms with van der Waals surface area (Å²) in [5, 5.41) is 1.02. The quantitative estimate of drug-likeness (QED) is 0.792. The highest BCUT2D eigenvalue weighted by Crippen LogP contribution is 2.21. The number of hydrogen-bond donors (Lipinski definition) is 1. The number of H-pyrrole nitrogens is 1. The molecule has 0 bridgehead atoms. The summed E-state index contributed by atoms with van der Waals surface area (Å²) in [7, 11) is -3.18. The van der Waals surface area contributed by atoms with Gasteiger partial charge in [0.15, 0.2) is 9.84 Å². The van der Waals surface area contributed by atoms with E-state index in [2.05, 4.69) is 9.97 Å². The van der Waals surface area contributed by atoms with Crippen LogP contribution in [0.25, 0.3) is 10.9 Å². The van der Waals surface area contributed by atoms with Crippen LogP contribution in [-0.4, -0.2) is 29.2 Å². The van der Waals surface area contributed by atoms with Crippen molar-refractivity contribution >= 4 is 20.7 Å². The molecule has 0 spiro atoms. The second-order valence-electron chi connectivity index (χ2n) is 4.51. The van der Waals surface area contributed by atoms with Gasteiger partial charge >= 0.3 is 0 Å². The number of imidazole rings is 1. The Balaban J connectivity index is 2.10. The Morgan fingerprint density at radius 3 is 2.84 bits per heavy atom. The highest BCUT2D eigenvalue weighted by molar-refractivity contribution is 7.90. The largest absolute Gasteiger partial charge is 0.347 e. The number of fused-ring (bicyclic) bond motifs is 1. The number of aromatic amines is 1. The molecular weight excluding hydrogens is 262 g/mol. The normalized spacial score (nSPS) is 12.1. The third-order valence-electron chi connectivity index (χ3n) is 3.07. The van der Waals surface area contributed by atoms with Gasteiger partial charge in [-0.3, -0.25) is 0 Å². The molecule has 5 nitrogen and oxygen atoms in total. The number of benzene rings is 1. The van der Waals surface area contributed by atoms with Crippen molar-refractivity contribution in [3.63, 3.8) is 0 Å². The molecule has 0 fully saturated rings. The van der Waals surface area contributed by atoms with Gasteiger partial charge in [0.25, 0.3) is 0 Å². The highest BCUT2D eigenvalue weighted by atomic mass is 32.2. The Morgan fingerprint density at radius 2 is 2.16 bits per heavy atom. The fraction of sp³-hybridized carbons (Fsp3) is 0.154. The zero-order valence-corrected chi connectivity index (χ0v) is 11.2. The van der Waals surface area contributed by atoms with E-state index in [1.54, 1.807) is 24.7 Å². The van der Waals surface area contributed by atoms with E-state index in [1.165, 1.54) is 6.26 Å². The van der Waals surface area contributed by atoms with Crippen LogP contribution in [0.15, 0.2) is 47.9 Å². The van der Waals surface area contributed by atoms with Gasteiger partial charge in [-0.2, -0.15) is 0 Å². The SMILES string of the molecule is CS(=O)(=O)c1ccc2ccn(Cc3cnc[nH]3)c2c1. The second-order valence-corrected chi connectivity index (χ2v) is 6.53. The van der Waals surface area contributed by atoms with Crippen molar-refractivity contribution in [2.75, 3.05) is 6.26 Å². The maximum absolute atomic E-state index is 11.6. The van der Waals surface area contributed by atoms with Crippen molar-refractivity contribution in [2.24, 2.45) is 0 Å².